The van der Waals surface area contributed by atoms with E-state index in [9.17, 15) is 9.59 Å². The maximum atomic E-state index is 12.1. The van der Waals surface area contributed by atoms with Crippen molar-refractivity contribution >= 4 is 28.2 Å². The van der Waals surface area contributed by atoms with Gasteiger partial charge in [-0.2, -0.15) is 0 Å². The van der Waals surface area contributed by atoms with Gasteiger partial charge in [-0.3, -0.25) is 4.79 Å². The van der Waals surface area contributed by atoms with Crippen LogP contribution in [0.1, 0.15) is 47.6 Å². The predicted molar refractivity (Wildman–Crippen MR) is 95.5 cm³/mol. The van der Waals surface area contributed by atoms with Gasteiger partial charge in [0.2, 0.25) is 10.9 Å². The summed E-state index contributed by atoms with van der Waals surface area (Å²) in [5.74, 6) is -0.596. The lowest BCUT2D eigenvalue weighted by Crippen LogP contribution is -2.13. The lowest BCUT2D eigenvalue weighted by atomic mass is 10.0. The van der Waals surface area contributed by atoms with Crippen molar-refractivity contribution in [2.45, 2.75) is 39.5 Å². The first kappa shape index (κ1) is 18.1. The number of anilines is 1. The molecule has 1 N–H and O–H groups in total. The van der Waals surface area contributed by atoms with Gasteiger partial charge in [0.25, 0.3) is 0 Å². The van der Waals surface area contributed by atoms with Gasteiger partial charge >= 0.3 is 5.97 Å². The van der Waals surface area contributed by atoms with Crippen LogP contribution in [0.3, 0.4) is 0 Å². The summed E-state index contributed by atoms with van der Waals surface area (Å²) in [5.41, 5.74) is 2.26. The number of hydrogen-bond acceptors (Lipinski definition) is 5. The number of rotatable bonds is 8. The fraction of sp³-hybridized carbons (Fsp3) is 0.389. The number of carbonyl (C=O) groups is 2. The topological polar surface area (TPSA) is 68.3 Å². The molecule has 1 amide bonds. The number of amides is 1. The number of nitrogens with one attached hydrogen (secondary N) is 1. The minimum Gasteiger partial charge on any atom is -0.461 e. The van der Waals surface area contributed by atoms with Crippen LogP contribution in [0, 0.1) is 0 Å². The summed E-state index contributed by atoms with van der Waals surface area (Å²) in [6.45, 7) is 4.21. The molecule has 0 saturated heterocycles. The van der Waals surface area contributed by atoms with Crippen molar-refractivity contribution in [3.05, 3.63) is 46.6 Å². The molecule has 6 heteroatoms. The molecule has 0 fully saturated rings. The standard InChI is InChI=1S/C18H22N2O3S/c1-3-5-6-13-7-9-14(10-8-13)11-15(21)20-16-12-19-17(24-16)18(22)23-4-2/h7-10,12H,3-6,11H2,1-2H3,(H,20,21). The Morgan fingerprint density at radius 1 is 1.17 bits per heavy atom. The Labute approximate surface area is 146 Å². The maximum Gasteiger partial charge on any atom is 0.367 e. The summed E-state index contributed by atoms with van der Waals surface area (Å²) in [6.07, 6.45) is 5.19. The summed E-state index contributed by atoms with van der Waals surface area (Å²) >= 11 is 1.11. The molecule has 0 bridgehead atoms. The first-order chi connectivity index (χ1) is 11.6. The Morgan fingerprint density at radius 3 is 2.54 bits per heavy atom. The van der Waals surface area contributed by atoms with Crippen LogP contribution in [0.25, 0.3) is 0 Å². The predicted octanol–water partition coefficient (Wildman–Crippen LogP) is 3.84. The number of unbranched alkanes of at least 4 members (excludes halogenated alkanes) is 1. The number of ether oxygens (including phenoxy) is 1. The third-order valence-electron chi connectivity index (χ3n) is 3.43. The Balaban J connectivity index is 1.87. The minimum absolute atomic E-state index is 0.129. The lowest BCUT2D eigenvalue weighted by molar-refractivity contribution is -0.115. The van der Waals surface area contributed by atoms with E-state index >= 15 is 0 Å². The van der Waals surface area contributed by atoms with E-state index < -0.39 is 5.97 Å². The molecule has 0 spiro atoms. The summed E-state index contributed by atoms with van der Waals surface area (Å²) in [7, 11) is 0. The third-order valence-corrected chi connectivity index (χ3v) is 4.32. The SMILES string of the molecule is CCCCc1ccc(CC(=O)Nc2cnc(C(=O)OCC)s2)cc1. The van der Waals surface area contributed by atoms with Crippen LogP contribution in [-0.4, -0.2) is 23.5 Å². The molecule has 0 radical (unpaired) electrons. The molecule has 0 atom stereocenters. The molecule has 1 aromatic carbocycles. The molecule has 128 valence electrons. The molecule has 2 aromatic rings. The van der Waals surface area contributed by atoms with E-state index in [4.69, 9.17) is 4.74 Å². The number of hydrogen-bond donors (Lipinski definition) is 1. The number of thiazole rings is 1. The van der Waals surface area contributed by atoms with E-state index in [2.05, 4.69) is 29.4 Å². The van der Waals surface area contributed by atoms with Gasteiger partial charge in [-0.25, -0.2) is 9.78 Å². The molecule has 0 aliphatic carbocycles. The molecular weight excluding hydrogens is 324 g/mol. The Kier molecular flexibility index (Phi) is 6.93. The van der Waals surface area contributed by atoms with Crippen molar-refractivity contribution in [1.29, 1.82) is 0 Å². The second-order valence-electron chi connectivity index (χ2n) is 5.40. The molecule has 0 unspecified atom stereocenters. The molecule has 5 nitrogen and oxygen atoms in total. The van der Waals surface area contributed by atoms with Crippen LogP contribution in [0.5, 0.6) is 0 Å². The summed E-state index contributed by atoms with van der Waals surface area (Å²) in [6, 6.07) is 8.12. The van der Waals surface area contributed by atoms with Crippen LogP contribution >= 0.6 is 11.3 Å². The van der Waals surface area contributed by atoms with Gasteiger partial charge < -0.3 is 10.1 Å². The van der Waals surface area contributed by atoms with Crippen molar-refractivity contribution in [1.82, 2.24) is 4.98 Å². The Morgan fingerprint density at radius 2 is 1.88 bits per heavy atom. The number of aromatic nitrogens is 1. The molecule has 0 aliphatic rings. The zero-order chi connectivity index (χ0) is 17.4. The molecule has 0 aliphatic heterocycles. The van der Waals surface area contributed by atoms with Crippen molar-refractivity contribution < 1.29 is 14.3 Å². The van der Waals surface area contributed by atoms with Gasteiger partial charge in [-0.15, -0.1) is 0 Å². The maximum absolute atomic E-state index is 12.1. The zero-order valence-corrected chi connectivity index (χ0v) is 14.8. The van der Waals surface area contributed by atoms with Crippen molar-refractivity contribution in [3.8, 4) is 0 Å². The number of nitrogens with zero attached hydrogens (tertiary/aromatic N) is 1. The van der Waals surface area contributed by atoms with Crippen LogP contribution in [0.4, 0.5) is 5.00 Å². The number of esters is 1. The van der Waals surface area contributed by atoms with Gasteiger partial charge in [0, 0.05) is 0 Å². The second kappa shape index (κ2) is 9.17. The smallest absolute Gasteiger partial charge is 0.367 e. The normalized spacial score (nSPS) is 10.4. The molecule has 24 heavy (non-hydrogen) atoms. The molecule has 1 heterocycles. The number of benzene rings is 1. The van der Waals surface area contributed by atoms with Gasteiger partial charge in [-0.1, -0.05) is 48.9 Å². The van der Waals surface area contributed by atoms with Crippen molar-refractivity contribution in [2.75, 3.05) is 11.9 Å². The van der Waals surface area contributed by atoms with Crippen LogP contribution < -0.4 is 5.32 Å². The van der Waals surface area contributed by atoms with Crippen LogP contribution in [0.2, 0.25) is 0 Å². The van der Waals surface area contributed by atoms with E-state index in [1.54, 1.807) is 6.92 Å². The highest BCUT2D eigenvalue weighted by atomic mass is 32.1. The van der Waals surface area contributed by atoms with Crippen LogP contribution in [-0.2, 0) is 22.4 Å². The van der Waals surface area contributed by atoms with Crippen molar-refractivity contribution in [3.63, 3.8) is 0 Å². The first-order valence-corrected chi connectivity index (χ1v) is 8.94. The third kappa shape index (κ3) is 5.45. The fourth-order valence-electron chi connectivity index (χ4n) is 2.19. The van der Waals surface area contributed by atoms with E-state index in [0.717, 1.165) is 23.3 Å². The highest BCUT2D eigenvalue weighted by molar-refractivity contribution is 7.17. The van der Waals surface area contributed by atoms with Gasteiger partial charge in [-0.05, 0) is 30.9 Å². The Bertz CT molecular complexity index is 680. The van der Waals surface area contributed by atoms with Gasteiger partial charge in [0.15, 0.2) is 0 Å². The van der Waals surface area contributed by atoms with Crippen molar-refractivity contribution in [2.24, 2.45) is 0 Å². The zero-order valence-electron chi connectivity index (χ0n) is 14.0. The summed E-state index contributed by atoms with van der Waals surface area (Å²) in [4.78, 5) is 27.6. The molecular formula is C18H22N2O3S. The monoisotopic (exact) mass is 346 g/mol. The van der Waals surface area contributed by atoms with E-state index in [1.807, 2.05) is 12.1 Å². The summed E-state index contributed by atoms with van der Waals surface area (Å²) < 4.78 is 4.88. The molecule has 2 rings (SSSR count). The lowest BCUT2D eigenvalue weighted by Gasteiger charge is -2.04. The highest BCUT2D eigenvalue weighted by Gasteiger charge is 2.13. The fourth-order valence-corrected chi connectivity index (χ4v) is 2.92. The molecule has 0 saturated carbocycles. The second-order valence-corrected chi connectivity index (χ2v) is 6.43. The van der Waals surface area contributed by atoms with E-state index in [0.29, 0.717) is 18.0 Å². The van der Waals surface area contributed by atoms with E-state index in [1.165, 1.54) is 24.6 Å². The number of carbonyl (C=O) groups excluding carboxylic acids is 2. The average Bonchev–Trinajstić information content (AvgIpc) is 3.03. The number of aryl methyl sites for hydroxylation is 1. The molecule has 1 aromatic heterocycles. The average molecular weight is 346 g/mol. The Hall–Kier alpha value is -2.21. The van der Waals surface area contributed by atoms with Gasteiger partial charge in [0.05, 0.1) is 19.2 Å². The van der Waals surface area contributed by atoms with Crippen LogP contribution in [0.15, 0.2) is 30.5 Å². The largest absolute Gasteiger partial charge is 0.461 e. The quantitative estimate of drug-likeness (QED) is 0.737. The van der Waals surface area contributed by atoms with E-state index in [-0.39, 0.29) is 10.9 Å². The minimum atomic E-state index is -0.467. The summed E-state index contributed by atoms with van der Waals surface area (Å²) in [5, 5.41) is 3.55. The van der Waals surface area contributed by atoms with Gasteiger partial charge in [0.1, 0.15) is 5.00 Å². The first-order valence-electron chi connectivity index (χ1n) is 8.13. The highest BCUT2D eigenvalue weighted by Crippen LogP contribution is 2.20.